The number of hydrogen-bond acceptors (Lipinski definition) is 6. The van der Waals surface area contributed by atoms with Gasteiger partial charge in [0.2, 0.25) is 0 Å². The highest BCUT2D eigenvalue weighted by Crippen LogP contribution is 2.27. The fourth-order valence-corrected chi connectivity index (χ4v) is 4.71. The maximum Gasteiger partial charge on any atom is 0.256 e. The first-order chi connectivity index (χ1) is 15.8. The molecule has 0 bridgehead atoms. The number of hydrogen-bond donors (Lipinski definition) is 2. The number of nitrogens with zero attached hydrogens (tertiary/aromatic N) is 3. The van der Waals surface area contributed by atoms with Crippen LogP contribution in [0.25, 0.3) is 0 Å². The number of rotatable bonds is 4. The van der Waals surface area contributed by atoms with Gasteiger partial charge in [0.1, 0.15) is 0 Å². The highest BCUT2D eigenvalue weighted by molar-refractivity contribution is 6.00. The first kappa shape index (κ1) is 23.0. The van der Waals surface area contributed by atoms with Crippen molar-refractivity contribution in [2.45, 2.75) is 51.9 Å². The molecule has 1 aromatic carbocycles. The summed E-state index contributed by atoms with van der Waals surface area (Å²) in [6, 6.07) is 5.88. The summed E-state index contributed by atoms with van der Waals surface area (Å²) in [7, 11) is 0. The van der Waals surface area contributed by atoms with Gasteiger partial charge >= 0.3 is 0 Å². The number of aryl methyl sites for hydroxylation is 1. The number of para-hydroxylation sites is 1. The Morgan fingerprint density at radius 3 is 2.64 bits per heavy atom. The molecule has 2 amide bonds. The first-order valence-electron chi connectivity index (χ1n) is 11.6. The third-order valence-electron chi connectivity index (χ3n) is 6.32. The molecule has 3 atom stereocenters. The van der Waals surface area contributed by atoms with Crippen LogP contribution in [0.4, 0.5) is 5.69 Å². The maximum absolute atomic E-state index is 13.4. The van der Waals surface area contributed by atoms with Gasteiger partial charge in [-0.2, -0.15) is 0 Å². The number of amides is 2. The summed E-state index contributed by atoms with van der Waals surface area (Å²) in [6.45, 7) is 8.39. The highest BCUT2D eigenvalue weighted by atomic mass is 16.5. The summed E-state index contributed by atoms with van der Waals surface area (Å²) in [4.78, 5) is 34.2. The monoisotopic (exact) mass is 451 g/mol. The van der Waals surface area contributed by atoms with Crippen molar-refractivity contribution in [2.75, 3.05) is 31.5 Å². The van der Waals surface area contributed by atoms with Crippen molar-refractivity contribution in [1.82, 2.24) is 9.80 Å². The molecule has 1 aromatic rings. The van der Waals surface area contributed by atoms with Crippen LogP contribution in [0.5, 0.6) is 0 Å². The fraction of sp³-hybridized carbons (Fsp3) is 0.480. The molecular weight excluding hydrogens is 418 g/mol. The smallest absolute Gasteiger partial charge is 0.256 e. The van der Waals surface area contributed by atoms with Crippen LogP contribution in [0.1, 0.15) is 42.6 Å². The minimum Gasteiger partial charge on any atom is -0.398 e. The molecule has 0 spiro atoms. The van der Waals surface area contributed by atoms with Crippen molar-refractivity contribution in [3.8, 4) is 0 Å². The fourth-order valence-electron chi connectivity index (χ4n) is 4.71. The lowest BCUT2D eigenvalue weighted by Gasteiger charge is -2.36. The standard InChI is InChI=1S/C25H33N5O3/c1-16-5-4-6-22(25(32)30-13-17(2)33-18(3)14-30)23(16)28-21-9-10-29(15-21)24(31)19-7-8-20(26)12-27-11-19/h4-6,8,11-12,17-18,21,28H,7,9-10,13-15,26H2,1-3H3/t17-,18+,21?. The number of allylic oxidation sites excluding steroid dienone is 2. The molecule has 4 rings (SSSR count). The Bertz CT molecular complexity index is 1000. The van der Waals surface area contributed by atoms with E-state index in [0.717, 1.165) is 17.7 Å². The van der Waals surface area contributed by atoms with E-state index in [1.807, 2.05) is 54.8 Å². The second-order valence-corrected chi connectivity index (χ2v) is 9.19. The third kappa shape index (κ3) is 5.27. The second-order valence-electron chi connectivity index (χ2n) is 9.19. The Kier molecular flexibility index (Phi) is 6.83. The van der Waals surface area contributed by atoms with Crippen LogP contribution < -0.4 is 11.1 Å². The van der Waals surface area contributed by atoms with E-state index in [2.05, 4.69) is 10.3 Å². The van der Waals surface area contributed by atoms with Gasteiger partial charge in [0, 0.05) is 55.9 Å². The van der Waals surface area contributed by atoms with E-state index >= 15 is 0 Å². The van der Waals surface area contributed by atoms with Crippen LogP contribution in [0.15, 0.2) is 46.7 Å². The van der Waals surface area contributed by atoms with E-state index in [1.165, 1.54) is 0 Å². The van der Waals surface area contributed by atoms with Crippen molar-refractivity contribution in [2.24, 2.45) is 10.7 Å². The van der Waals surface area contributed by atoms with E-state index in [0.29, 0.717) is 49.4 Å². The van der Waals surface area contributed by atoms with Crippen LogP contribution in [0.3, 0.4) is 0 Å². The Labute approximate surface area is 195 Å². The molecule has 8 nitrogen and oxygen atoms in total. The first-order valence-corrected chi connectivity index (χ1v) is 11.6. The lowest BCUT2D eigenvalue weighted by molar-refractivity contribution is -0.126. The Morgan fingerprint density at radius 1 is 1.12 bits per heavy atom. The lowest BCUT2D eigenvalue weighted by Crippen LogP contribution is -2.48. The largest absolute Gasteiger partial charge is 0.398 e. The molecule has 3 heterocycles. The number of carbonyl (C=O) groups excluding carboxylic acids is 2. The number of ether oxygens (including phenoxy) is 1. The number of aliphatic imine (C=N–C) groups is 1. The SMILES string of the molecule is Cc1cccc(C(=O)N2C[C@@H](C)O[C@@H](C)C2)c1NC1CCN(C(=O)C2=CN=CC(N)=CC2)C1. The van der Waals surface area contributed by atoms with Crippen LogP contribution in [-0.2, 0) is 9.53 Å². The highest BCUT2D eigenvalue weighted by Gasteiger charge is 2.31. The summed E-state index contributed by atoms with van der Waals surface area (Å²) in [5, 5.41) is 3.57. The second kappa shape index (κ2) is 9.79. The minimum atomic E-state index is -0.0141. The number of carbonyl (C=O) groups is 2. The Morgan fingerprint density at radius 2 is 1.88 bits per heavy atom. The summed E-state index contributed by atoms with van der Waals surface area (Å²) in [5.41, 5.74) is 9.52. The number of morpholine rings is 1. The zero-order chi connectivity index (χ0) is 23.5. The lowest BCUT2D eigenvalue weighted by atomic mass is 10.0. The van der Waals surface area contributed by atoms with Gasteiger partial charge in [-0.25, -0.2) is 0 Å². The Hall–Kier alpha value is -3.13. The predicted molar refractivity (Wildman–Crippen MR) is 129 cm³/mol. The molecule has 3 aliphatic heterocycles. The van der Waals surface area contributed by atoms with Crippen molar-refractivity contribution < 1.29 is 14.3 Å². The van der Waals surface area contributed by atoms with Gasteiger partial charge in [-0.1, -0.05) is 18.2 Å². The molecule has 0 saturated carbocycles. The summed E-state index contributed by atoms with van der Waals surface area (Å²) in [6.07, 6.45) is 6.29. The van der Waals surface area contributed by atoms with E-state index < -0.39 is 0 Å². The molecule has 3 aliphatic rings. The van der Waals surface area contributed by atoms with E-state index in [-0.39, 0.29) is 30.1 Å². The quantitative estimate of drug-likeness (QED) is 0.733. The van der Waals surface area contributed by atoms with E-state index in [9.17, 15) is 9.59 Å². The summed E-state index contributed by atoms with van der Waals surface area (Å²) < 4.78 is 5.79. The van der Waals surface area contributed by atoms with E-state index in [4.69, 9.17) is 10.5 Å². The van der Waals surface area contributed by atoms with Crippen molar-refractivity contribution >= 4 is 23.7 Å². The number of anilines is 1. The molecule has 0 aliphatic carbocycles. The molecule has 2 saturated heterocycles. The van der Waals surface area contributed by atoms with Gasteiger partial charge in [0.05, 0.1) is 23.5 Å². The van der Waals surface area contributed by atoms with Gasteiger partial charge in [0.25, 0.3) is 11.8 Å². The Balaban J connectivity index is 1.46. The summed E-state index contributed by atoms with van der Waals surface area (Å²) in [5.74, 6) is -0.000228. The number of likely N-dealkylation sites (tertiary alicyclic amines) is 1. The van der Waals surface area contributed by atoms with Gasteiger partial charge in [-0.05, 0) is 45.2 Å². The van der Waals surface area contributed by atoms with Gasteiger partial charge in [-0.3, -0.25) is 14.6 Å². The molecule has 1 unspecified atom stereocenters. The van der Waals surface area contributed by atoms with Crippen molar-refractivity contribution in [3.05, 3.63) is 52.9 Å². The van der Waals surface area contributed by atoms with Crippen LogP contribution in [0.2, 0.25) is 0 Å². The molecule has 8 heteroatoms. The molecule has 3 N–H and O–H groups in total. The predicted octanol–water partition coefficient (Wildman–Crippen LogP) is 2.46. The average Bonchev–Trinajstić information content (AvgIpc) is 3.13. The topological polar surface area (TPSA) is 100 Å². The molecule has 0 radical (unpaired) electrons. The molecule has 0 aromatic heterocycles. The van der Waals surface area contributed by atoms with Gasteiger partial charge < -0.3 is 25.6 Å². The van der Waals surface area contributed by atoms with Crippen molar-refractivity contribution in [1.29, 1.82) is 0 Å². The third-order valence-corrected chi connectivity index (χ3v) is 6.32. The van der Waals surface area contributed by atoms with Crippen LogP contribution in [0, 0.1) is 6.92 Å². The van der Waals surface area contributed by atoms with Gasteiger partial charge in [0.15, 0.2) is 0 Å². The normalized spacial score (nSPS) is 25.4. The van der Waals surface area contributed by atoms with E-state index in [1.54, 1.807) is 12.4 Å². The van der Waals surface area contributed by atoms with Crippen LogP contribution in [-0.4, -0.2) is 72.3 Å². The molecule has 33 heavy (non-hydrogen) atoms. The zero-order valence-electron chi connectivity index (χ0n) is 19.6. The average molecular weight is 452 g/mol. The number of benzene rings is 1. The zero-order valence-corrected chi connectivity index (χ0v) is 19.6. The summed E-state index contributed by atoms with van der Waals surface area (Å²) >= 11 is 0. The number of nitrogens with two attached hydrogens (primary N) is 1. The molecular formula is C25H33N5O3. The molecule has 176 valence electrons. The maximum atomic E-state index is 13.4. The minimum absolute atomic E-state index is 0.0139. The number of nitrogens with one attached hydrogen (secondary N) is 1. The molecule has 2 fully saturated rings. The van der Waals surface area contributed by atoms with Gasteiger partial charge in [-0.15, -0.1) is 0 Å². The van der Waals surface area contributed by atoms with Crippen LogP contribution >= 0.6 is 0 Å². The van der Waals surface area contributed by atoms with Crippen molar-refractivity contribution in [3.63, 3.8) is 0 Å².